The number of rotatable bonds is 6. The molecule has 8 heteroatoms. The Morgan fingerprint density at radius 1 is 1.20 bits per heavy atom. The highest BCUT2D eigenvalue weighted by molar-refractivity contribution is 6.03. The Labute approximate surface area is 143 Å². The summed E-state index contributed by atoms with van der Waals surface area (Å²) in [6, 6.07) is 6.27. The van der Waals surface area contributed by atoms with E-state index in [2.05, 4.69) is 15.6 Å². The molecule has 130 valence electrons. The number of nitrogens with zero attached hydrogens (tertiary/aromatic N) is 1. The van der Waals surface area contributed by atoms with Gasteiger partial charge < -0.3 is 14.5 Å². The molecule has 1 aromatic carbocycles. The summed E-state index contributed by atoms with van der Waals surface area (Å²) in [5.74, 6) is -1.04. The molecule has 3 rings (SSSR count). The molecule has 0 saturated heterocycles. The molecule has 0 atom stereocenters. The van der Waals surface area contributed by atoms with Crippen LogP contribution in [-0.2, 0) is 9.53 Å². The number of benzene rings is 1. The number of oxazole rings is 1. The molecule has 2 N–H and O–H groups in total. The molecule has 0 aliphatic heterocycles. The number of ether oxygens (including phenoxy) is 1. The Morgan fingerprint density at radius 2 is 1.92 bits per heavy atom. The molecule has 2 aromatic rings. The smallest absolute Gasteiger partial charge is 0.338 e. The molecule has 0 radical (unpaired) electrons. The second-order valence-electron chi connectivity index (χ2n) is 5.55. The fraction of sp³-hybridized carbons (Fsp3) is 0.294. The van der Waals surface area contributed by atoms with Crippen LogP contribution in [0.15, 0.2) is 34.9 Å². The molecule has 1 aromatic heterocycles. The summed E-state index contributed by atoms with van der Waals surface area (Å²) in [5.41, 5.74) is 0.927. The zero-order valence-corrected chi connectivity index (χ0v) is 13.6. The van der Waals surface area contributed by atoms with Gasteiger partial charge in [-0.15, -0.1) is 0 Å². The first-order chi connectivity index (χ1) is 12.1. The van der Waals surface area contributed by atoms with Gasteiger partial charge in [-0.2, -0.15) is 4.98 Å². The van der Waals surface area contributed by atoms with Crippen molar-refractivity contribution in [3.63, 3.8) is 0 Å². The largest absolute Gasteiger partial charge is 0.462 e. The van der Waals surface area contributed by atoms with Gasteiger partial charge in [-0.3, -0.25) is 14.9 Å². The topological polar surface area (TPSA) is 111 Å². The van der Waals surface area contributed by atoms with Crippen molar-refractivity contribution < 1.29 is 23.5 Å². The van der Waals surface area contributed by atoms with E-state index in [-0.39, 0.29) is 23.5 Å². The molecule has 1 aliphatic rings. The Hall–Kier alpha value is -3.16. The zero-order chi connectivity index (χ0) is 17.8. The van der Waals surface area contributed by atoms with Crippen molar-refractivity contribution in [3.05, 3.63) is 41.8 Å². The fourth-order valence-electron chi connectivity index (χ4n) is 2.09. The van der Waals surface area contributed by atoms with Crippen molar-refractivity contribution in [2.45, 2.75) is 19.8 Å². The maximum absolute atomic E-state index is 12.1. The Kier molecular flexibility index (Phi) is 4.78. The van der Waals surface area contributed by atoms with Gasteiger partial charge in [-0.1, -0.05) is 0 Å². The average Bonchev–Trinajstić information content (AvgIpc) is 3.35. The summed E-state index contributed by atoms with van der Waals surface area (Å²) < 4.78 is 9.98. The molecule has 2 amide bonds. The molecule has 1 heterocycles. The summed E-state index contributed by atoms with van der Waals surface area (Å²) >= 11 is 0. The van der Waals surface area contributed by atoms with E-state index >= 15 is 0 Å². The molecule has 0 unspecified atom stereocenters. The van der Waals surface area contributed by atoms with Gasteiger partial charge >= 0.3 is 12.0 Å². The van der Waals surface area contributed by atoms with Crippen molar-refractivity contribution in [1.82, 2.24) is 4.98 Å². The summed E-state index contributed by atoms with van der Waals surface area (Å²) in [6.07, 6.45) is 2.90. The van der Waals surface area contributed by atoms with E-state index in [1.165, 1.54) is 6.26 Å². The van der Waals surface area contributed by atoms with Gasteiger partial charge in [0.2, 0.25) is 5.91 Å². The summed E-state index contributed by atoms with van der Waals surface area (Å²) in [6.45, 7) is 2.02. The SMILES string of the molecule is CCOC(=O)c1ccc(NC(=O)c2coc(NC(=O)C3CC3)n2)cc1. The van der Waals surface area contributed by atoms with Gasteiger partial charge in [0.1, 0.15) is 6.26 Å². The van der Waals surface area contributed by atoms with Crippen LogP contribution in [0.3, 0.4) is 0 Å². The van der Waals surface area contributed by atoms with Crippen LogP contribution in [0.1, 0.15) is 40.6 Å². The lowest BCUT2D eigenvalue weighted by Gasteiger charge is -2.05. The predicted molar refractivity (Wildman–Crippen MR) is 88.2 cm³/mol. The third kappa shape index (κ3) is 4.23. The molecule has 25 heavy (non-hydrogen) atoms. The van der Waals surface area contributed by atoms with Crippen molar-refractivity contribution in [2.75, 3.05) is 17.2 Å². The second kappa shape index (κ2) is 7.16. The number of nitrogens with one attached hydrogen (secondary N) is 2. The van der Waals surface area contributed by atoms with Gasteiger partial charge in [0, 0.05) is 11.6 Å². The lowest BCUT2D eigenvalue weighted by atomic mass is 10.2. The highest BCUT2D eigenvalue weighted by Crippen LogP contribution is 2.30. The highest BCUT2D eigenvalue weighted by Gasteiger charge is 2.30. The maximum atomic E-state index is 12.1. The minimum Gasteiger partial charge on any atom is -0.462 e. The Bertz CT molecular complexity index is 793. The van der Waals surface area contributed by atoms with E-state index in [1.54, 1.807) is 31.2 Å². The minimum absolute atomic E-state index is 0.000269. The van der Waals surface area contributed by atoms with Crippen molar-refractivity contribution in [1.29, 1.82) is 0 Å². The number of carbonyl (C=O) groups is 3. The maximum Gasteiger partial charge on any atom is 0.338 e. The molecular weight excluding hydrogens is 326 g/mol. The van der Waals surface area contributed by atoms with Gasteiger partial charge in [-0.05, 0) is 44.0 Å². The number of esters is 1. The van der Waals surface area contributed by atoms with Gasteiger partial charge in [0.05, 0.1) is 12.2 Å². The standard InChI is InChI=1S/C17H17N3O5/c1-2-24-16(23)11-5-7-12(8-6-11)18-15(22)13-9-25-17(19-13)20-14(21)10-3-4-10/h5-10H,2-4H2,1H3,(H,18,22)(H,19,20,21). The molecule has 1 aliphatic carbocycles. The van der Waals surface area contributed by atoms with Crippen LogP contribution in [0.5, 0.6) is 0 Å². The van der Waals surface area contributed by atoms with Crippen LogP contribution in [0.4, 0.5) is 11.7 Å². The van der Waals surface area contributed by atoms with E-state index in [1.807, 2.05) is 0 Å². The van der Waals surface area contributed by atoms with Gasteiger partial charge in [0.15, 0.2) is 5.69 Å². The summed E-state index contributed by atoms with van der Waals surface area (Å²) in [7, 11) is 0. The number of amides is 2. The van der Waals surface area contributed by atoms with E-state index in [4.69, 9.17) is 9.15 Å². The highest BCUT2D eigenvalue weighted by atomic mass is 16.5. The third-order valence-electron chi connectivity index (χ3n) is 3.57. The number of hydrogen-bond acceptors (Lipinski definition) is 6. The first-order valence-electron chi connectivity index (χ1n) is 7.91. The van der Waals surface area contributed by atoms with Crippen molar-refractivity contribution in [3.8, 4) is 0 Å². The van der Waals surface area contributed by atoms with Gasteiger partial charge in [0.25, 0.3) is 5.91 Å². The number of anilines is 2. The molecule has 8 nitrogen and oxygen atoms in total. The average molecular weight is 343 g/mol. The normalized spacial score (nSPS) is 13.2. The second-order valence-corrected chi connectivity index (χ2v) is 5.55. The fourth-order valence-corrected chi connectivity index (χ4v) is 2.09. The van der Waals surface area contributed by atoms with E-state index < -0.39 is 11.9 Å². The van der Waals surface area contributed by atoms with Crippen molar-refractivity contribution in [2.24, 2.45) is 5.92 Å². The molecular formula is C17H17N3O5. The van der Waals surface area contributed by atoms with Crippen molar-refractivity contribution >= 4 is 29.5 Å². The van der Waals surface area contributed by atoms with Gasteiger partial charge in [-0.25, -0.2) is 4.79 Å². The molecule has 1 saturated carbocycles. The minimum atomic E-state index is -0.487. The van der Waals surface area contributed by atoms with Crippen LogP contribution in [0.2, 0.25) is 0 Å². The lowest BCUT2D eigenvalue weighted by Crippen LogP contribution is -2.15. The first kappa shape index (κ1) is 16.7. The Balaban J connectivity index is 1.59. The Morgan fingerprint density at radius 3 is 2.56 bits per heavy atom. The van der Waals surface area contributed by atoms with E-state index in [0.717, 1.165) is 12.8 Å². The summed E-state index contributed by atoms with van der Waals surface area (Å²) in [4.78, 5) is 39.3. The molecule has 0 spiro atoms. The quantitative estimate of drug-likeness (QED) is 0.780. The summed E-state index contributed by atoms with van der Waals surface area (Å²) in [5, 5.41) is 5.16. The predicted octanol–water partition coefficient (Wildman–Crippen LogP) is 2.45. The zero-order valence-electron chi connectivity index (χ0n) is 13.6. The van der Waals surface area contributed by atoms with Crippen LogP contribution in [0.25, 0.3) is 0 Å². The van der Waals surface area contributed by atoms with Crippen LogP contribution in [0, 0.1) is 5.92 Å². The van der Waals surface area contributed by atoms with Crippen LogP contribution >= 0.6 is 0 Å². The first-order valence-corrected chi connectivity index (χ1v) is 7.91. The lowest BCUT2D eigenvalue weighted by molar-refractivity contribution is -0.117. The number of hydrogen-bond donors (Lipinski definition) is 2. The molecule has 1 fully saturated rings. The van der Waals surface area contributed by atoms with E-state index in [0.29, 0.717) is 17.9 Å². The number of aromatic nitrogens is 1. The molecule has 0 bridgehead atoms. The van der Waals surface area contributed by atoms with E-state index in [9.17, 15) is 14.4 Å². The van der Waals surface area contributed by atoms with Crippen LogP contribution in [-0.4, -0.2) is 29.4 Å². The third-order valence-corrected chi connectivity index (χ3v) is 3.57. The monoisotopic (exact) mass is 343 g/mol. The van der Waals surface area contributed by atoms with Crippen LogP contribution < -0.4 is 10.6 Å². The number of carbonyl (C=O) groups excluding carboxylic acids is 3.